The Balaban J connectivity index is 1.51. The second-order valence-electron chi connectivity index (χ2n) is 5.91. The highest BCUT2D eigenvalue weighted by molar-refractivity contribution is 6.30. The topological polar surface area (TPSA) is 49.8 Å². The molecule has 0 saturated heterocycles. The van der Waals surface area contributed by atoms with E-state index in [0.717, 1.165) is 23.8 Å². The Hall–Kier alpha value is -2.59. The largest absolute Gasteiger partial charge is 0.370 e. The van der Waals surface area contributed by atoms with Gasteiger partial charge in [-0.1, -0.05) is 53.6 Å². The Morgan fingerprint density at radius 3 is 2.60 bits per heavy atom. The van der Waals surface area contributed by atoms with Crippen LogP contribution >= 0.6 is 11.6 Å². The summed E-state index contributed by atoms with van der Waals surface area (Å²) < 4.78 is 0. The Bertz CT molecular complexity index is 818. The number of nitrogens with one attached hydrogen (secondary N) is 2. The van der Waals surface area contributed by atoms with Crippen molar-refractivity contribution < 1.29 is 0 Å². The third-order valence-electron chi connectivity index (χ3n) is 3.82. The second-order valence-corrected chi connectivity index (χ2v) is 6.35. The number of benzene rings is 2. The SMILES string of the molecule is Cc1cccc(CNc2nccc(NCCc3ccc(Cl)cc3)n2)c1. The molecule has 0 atom stereocenters. The molecule has 0 fully saturated rings. The number of nitrogens with zero attached hydrogens (tertiary/aromatic N) is 2. The third kappa shape index (κ3) is 5.47. The number of rotatable bonds is 7. The molecule has 128 valence electrons. The van der Waals surface area contributed by atoms with E-state index in [1.165, 1.54) is 16.7 Å². The molecular weight excluding hydrogens is 332 g/mol. The molecule has 5 heteroatoms. The van der Waals surface area contributed by atoms with Gasteiger partial charge < -0.3 is 10.6 Å². The molecule has 3 aromatic rings. The van der Waals surface area contributed by atoms with Crippen molar-refractivity contribution in [2.75, 3.05) is 17.2 Å². The highest BCUT2D eigenvalue weighted by atomic mass is 35.5. The summed E-state index contributed by atoms with van der Waals surface area (Å²) >= 11 is 5.90. The van der Waals surface area contributed by atoms with Crippen LogP contribution in [0, 0.1) is 6.92 Å². The van der Waals surface area contributed by atoms with Gasteiger partial charge in [0.25, 0.3) is 0 Å². The molecule has 1 aromatic heterocycles. The van der Waals surface area contributed by atoms with Gasteiger partial charge in [-0.3, -0.25) is 0 Å². The molecule has 0 aliphatic carbocycles. The standard InChI is InChI=1S/C20H21ClN4/c1-15-3-2-4-17(13-15)14-24-20-23-12-10-19(25-20)22-11-9-16-5-7-18(21)8-6-16/h2-8,10,12-13H,9,11,14H2,1H3,(H2,22,23,24,25). The lowest BCUT2D eigenvalue weighted by Crippen LogP contribution is -2.09. The van der Waals surface area contributed by atoms with Crippen LogP contribution < -0.4 is 10.6 Å². The van der Waals surface area contributed by atoms with Crippen LogP contribution in [0.2, 0.25) is 5.02 Å². The Morgan fingerprint density at radius 2 is 1.80 bits per heavy atom. The van der Waals surface area contributed by atoms with Crippen molar-refractivity contribution in [3.63, 3.8) is 0 Å². The zero-order valence-corrected chi connectivity index (χ0v) is 14.9. The van der Waals surface area contributed by atoms with E-state index in [0.29, 0.717) is 12.5 Å². The lowest BCUT2D eigenvalue weighted by molar-refractivity contribution is 0.991. The maximum Gasteiger partial charge on any atom is 0.224 e. The minimum atomic E-state index is 0.623. The van der Waals surface area contributed by atoms with Gasteiger partial charge in [0.05, 0.1) is 0 Å². The second kappa shape index (κ2) is 8.49. The van der Waals surface area contributed by atoms with Crippen molar-refractivity contribution in [1.82, 2.24) is 9.97 Å². The number of anilines is 2. The summed E-state index contributed by atoms with van der Waals surface area (Å²) in [6, 6.07) is 18.2. The van der Waals surface area contributed by atoms with Crippen molar-refractivity contribution in [2.24, 2.45) is 0 Å². The fourth-order valence-corrected chi connectivity index (χ4v) is 2.66. The van der Waals surface area contributed by atoms with Gasteiger partial charge in [-0.15, -0.1) is 0 Å². The summed E-state index contributed by atoms with van der Waals surface area (Å²) in [4.78, 5) is 8.78. The lowest BCUT2D eigenvalue weighted by atomic mass is 10.1. The van der Waals surface area contributed by atoms with Crippen LogP contribution in [0.3, 0.4) is 0 Å². The highest BCUT2D eigenvalue weighted by Gasteiger charge is 2.00. The summed E-state index contributed by atoms with van der Waals surface area (Å²) in [6.07, 6.45) is 2.67. The van der Waals surface area contributed by atoms with Crippen LogP contribution in [0.15, 0.2) is 60.8 Å². The molecule has 0 amide bonds. The molecule has 25 heavy (non-hydrogen) atoms. The number of halogens is 1. The van der Waals surface area contributed by atoms with E-state index < -0.39 is 0 Å². The first kappa shape index (κ1) is 17.2. The molecule has 0 radical (unpaired) electrons. The summed E-state index contributed by atoms with van der Waals surface area (Å²) in [5.74, 6) is 1.44. The normalized spacial score (nSPS) is 10.5. The Labute approximate surface area is 153 Å². The molecule has 2 N–H and O–H groups in total. The average molecular weight is 353 g/mol. The van der Waals surface area contributed by atoms with E-state index in [4.69, 9.17) is 11.6 Å². The molecule has 4 nitrogen and oxygen atoms in total. The quantitative estimate of drug-likeness (QED) is 0.646. The molecule has 2 aromatic carbocycles. The average Bonchev–Trinajstić information content (AvgIpc) is 2.62. The summed E-state index contributed by atoms with van der Waals surface area (Å²) in [6.45, 7) is 3.59. The van der Waals surface area contributed by atoms with E-state index in [2.05, 4.69) is 51.8 Å². The van der Waals surface area contributed by atoms with Gasteiger partial charge in [0.2, 0.25) is 5.95 Å². The highest BCUT2D eigenvalue weighted by Crippen LogP contribution is 2.11. The van der Waals surface area contributed by atoms with E-state index >= 15 is 0 Å². The van der Waals surface area contributed by atoms with Crippen molar-refractivity contribution >= 4 is 23.4 Å². The Morgan fingerprint density at radius 1 is 0.960 bits per heavy atom. The molecule has 3 rings (SSSR count). The molecule has 0 aliphatic rings. The number of hydrogen-bond donors (Lipinski definition) is 2. The van der Waals surface area contributed by atoms with Crippen LogP contribution in [0.1, 0.15) is 16.7 Å². The summed E-state index contributed by atoms with van der Waals surface area (Å²) in [5.41, 5.74) is 3.70. The van der Waals surface area contributed by atoms with Crippen LogP contribution in [0.25, 0.3) is 0 Å². The van der Waals surface area contributed by atoms with Crippen molar-refractivity contribution in [2.45, 2.75) is 19.9 Å². The maximum absolute atomic E-state index is 5.90. The van der Waals surface area contributed by atoms with Gasteiger partial charge in [0, 0.05) is 24.3 Å². The monoisotopic (exact) mass is 352 g/mol. The molecule has 0 saturated carbocycles. The fraction of sp³-hybridized carbons (Fsp3) is 0.200. The minimum absolute atomic E-state index is 0.623. The first-order valence-corrected chi connectivity index (χ1v) is 8.67. The zero-order chi connectivity index (χ0) is 17.5. The van der Waals surface area contributed by atoms with Gasteiger partial charge in [-0.25, -0.2) is 4.98 Å². The van der Waals surface area contributed by atoms with Crippen LogP contribution in [0.5, 0.6) is 0 Å². The number of hydrogen-bond acceptors (Lipinski definition) is 4. The predicted octanol–water partition coefficient (Wildman–Crippen LogP) is 4.71. The van der Waals surface area contributed by atoms with E-state index in [1.807, 2.05) is 30.3 Å². The minimum Gasteiger partial charge on any atom is -0.370 e. The summed E-state index contributed by atoms with van der Waals surface area (Å²) in [5, 5.41) is 7.36. The molecule has 1 heterocycles. The van der Waals surface area contributed by atoms with Gasteiger partial charge >= 0.3 is 0 Å². The van der Waals surface area contributed by atoms with Crippen LogP contribution in [-0.4, -0.2) is 16.5 Å². The smallest absolute Gasteiger partial charge is 0.224 e. The maximum atomic E-state index is 5.90. The van der Waals surface area contributed by atoms with Crippen molar-refractivity contribution in [1.29, 1.82) is 0 Å². The number of aromatic nitrogens is 2. The molecular formula is C20H21ClN4. The van der Waals surface area contributed by atoms with Gasteiger partial charge in [-0.2, -0.15) is 4.98 Å². The van der Waals surface area contributed by atoms with E-state index in [-0.39, 0.29) is 0 Å². The van der Waals surface area contributed by atoms with Gasteiger partial charge in [0.15, 0.2) is 0 Å². The van der Waals surface area contributed by atoms with E-state index in [9.17, 15) is 0 Å². The molecule has 0 unspecified atom stereocenters. The van der Waals surface area contributed by atoms with Gasteiger partial charge in [0.1, 0.15) is 5.82 Å². The van der Waals surface area contributed by atoms with Crippen LogP contribution in [0.4, 0.5) is 11.8 Å². The molecule has 0 spiro atoms. The first-order chi connectivity index (χ1) is 12.2. The Kier molecular flexibility index (Phi) is 5.86. The van der Waals surface area contributed by atoms with E-state index in [1.54, 1.807) is 6.20 Å². The van der Waals surface area contributed by atoms with Gasteiger partial charge in [-0.05, 0) is 42.7 Å². The summed E-state index contributed by atoms with van der Waals surface area (Å²) in [7, 11) is 0. The zero-order valence-electron chi connectivity index (χ0n) is 14.2. The fourth-order valence-electron chi connectivity index (χ4n) is 2.53. The van der Waals surface area contributed by atoms with Crippen molar-refractivity contribution in [3.05, 3.63) is 82.5 Å². The van der Waals surface area contributed by atoms with Crippen LogP contribution in [-0.2, 0) is 13.0 Å². The van der Waals surface area contributed by atoms with Crippen molar-refractivity contribution in [3.8, 4) is 0 Å². The number of aryl methyl sites for hydroxylation is 1. The third-order valence-corrected chi connectivity index (χ3v) is 4.07. The predicted molar refractivity (Wildman–Crippen MR) is 104 cm³/mol. The lowest BCUT2D eigenvalue weighted by Gasteiger charge is -2.09. The molecule has 0 aliphatic heterocycles. The molecule has 0 bridgehead atoms. The first-order valence-electron chi connectivity index (χ1n) is 8.30.